The molecule has 0 saturated carbocycles. The van der Waals surface area contributed by atoms with Crippen molar-refractivity contribution < 1.29 is 19.5 Å². The van der Waals surface area contributed by atoms with E-state index >= 15 is 0 Å². The first kappa shape index (κ1) is 19.2. The maximum atomic E-state index is 11.8. The molecule has 0 radical (unpaired) electrons. The molecule has 4 N–H and O–H groups in total. The van der Waals surface area contributed by atoms with Crippen LogP contribution >= 0.6 is 0 Å². The molecule has 2 atom stereocenters. The normalized spacial score (nSPS) is 14.2. The van der Waals surface area contributed by atoms with E-state index in [0.29, 0.717) is 12.5 Å². The zero-order chi connectivity index (χ0) is 16.8. The maximum absolute atomic E-state index is 11.8. The molecule has 0 aromatic rings. The molecule has 7 heteroatoms. The summed E-state index contributed by atoms with van der Waals surface area (Å²) in [4.78, 5) is 34.7. The quantitative estimate of drug-likeness (QED) is 0.585. The number of aliphatic carboxylic acids is 1. The van der Waals surface area contributed by atoms with E-state index in [9.17, 15) is 14.4 Å². The summed E-state index contributed by atoms with van der Waals surface area (Å²) in [5.41, 5.74) is -0.633. The second kappa shape index (κ2) is 7.85. The van der Waals surface area contributed by atoms with Gasteiger partial charge in [-0.05, 0) is 18.3 Å². The van der Waals surface area contributed by atoms with Crippen LogP contribution in [0.2, 0.25) is 0 Å². The Morgan fingerprint density at radius 1 is 1.05 bits per heavy atom. The van der Waals surface area contributed by atoms with Crippen LogP contribution < -0.4 is 16.0 Å². The zero-order valence-electron chi connectivity index (χ0n) is 13.6. The lowest BCUT2D eigenvalue weighted by Crippen LogP contribution is -2.55. The fourth-order valence-electron chi connectivity index (χ4n) is 1.54. The predicted octanol–water partition coefficient (Wildman–Crippen LogP) is 0.946. The summed E-state index contributed by atoms with van der Waals surface area (Å²) < 4.78 is 0. The van der Waals surface area contributed by atoms with E-state index < -0.39 is 29.5 Å². The third kappa shape index (κ3) is 7.53. The highest BCUT2D eigenvalue weighted by Crippen LogP contribution is 2.19. The third-order valence-electron chi connectivity index (χ3n) is 2.81. The number of carbonyl (C=O) groups excluding carboxylic acids is 2. The maximum Gasteiger partial charge on any atom is 0.326 e. The van der Waals surface area contributed by atoms with Gasteiger partial charge >= 0.3 is 12.0 Å². The molecular weight excluding hydrogens is 274 g/mol. The van der Waals surface area contributed by atoms with Crippen LogP contribution in [0.1, 0.15) is 41.5 Å². The number of urea groups is 1. The Hall–Kier alpha value is -1.79. The van der Waals surface area contributed by atoms with Gasteiger partial charge in [-0.15, -0.1) is 0 Å². The number of carboxylic acids is 1. The van der Waals surface area contributed by atoms with E-state index in [1.54, 1.807) is 27.7 Å². The first-order chi connectivity index (χ1) is 9.45. The lowest BCUT2D eigenvalue weighted by molar-refractivity contribution is -0.141. The number of nitrogens with one attached hydrogen (secondary N) is 3. The lowest BCUT2D eigenvalue weighted by atomic mass is 9.87. The first-order valence-corrected chi connectivity index (χ1v) is 7.02. The summed E-state index contributed by atoms with van der Waals surface area (Å²) in [5, 5.41) is 16.6. The molecule has 0 saturated heterocycles. The van der Waals surface area contributed by atoms with E-state index in [-0.39, 0.29) is 5.91 Å². The van der Waals surface area contributed by atoms with E-state index in [1.165, 1.54) is 0 Å². The van der Waals surface area contributed by atoms with Crippen molar-refractivity contribution in [3.05, 3.63) is 0 Å². The van der Waals surface area contributed by atoms with Crippen LogP contribution in [0.5, 0.6) is 0 Å². The average molecular weight is 301 g/mol. The molecule has 0 rings (SSSR count). The number of carboxylic acid groups (broad SMARTS) is 1. The van der Waals surface area contributed by atoms with Gasteiger partial charge in [0.25, 0.3) is 0 Å². The number of carbonyl (C=O) groups is 3. The van der Waals surface area contributed by atoms with Crippen molar-refractivity contribution in [2.75, 3.05) is 6.54 Å². The molecule has 2 unspecified atom stereocenters. The predicted molar refractivity (Wildman–Crippen MR) is 79.9 cm³/mol. The topological polar surface area (TPSA) is 108 Å². The third-order valence-corrected chi connectivity index (χ3v) is 2.81. The van der Waals surface area contributed by atoms with E-state index in [0.717, 1.165) is 0 Å². The van der Waals surface area contributed by atoms with E-state index in [1.807, 2.05) is 13.8 Å². The van der Waals surface area contributed by atoms with Crippen LogP contribution in [-0.2, 0) is 9.59 Å². The minimum atomic E-state index is -1.12. The van der Waals surface area contributed by atoms with Gasteiger partial charge < -0.3 is 21.1 Å². The van der Waals surface area contributed by atoms with E-state index in [4.69, 9.17) is 5.11 Å². The number of amides is 3. The van der Waals surface area contributed by atoms with Gasteiger partial charge in [0.1, 0.15) is 12.1 Å². The second-order valence-corrected chi connectivity index (χ2v) is 6.62. The lowest BCUT2D eigenvalue weighted by Gasteiger charge is -2.28. The van der Waals surface area contributed by atoms with Crippen LogP contribution in [0, 0.1) is 11.3 Å². The van der Waals surface area contributed by atoms with Gasteiger partial charge in [-0.3, -0.25) is 4.79 Å². The minimum absolute atomic E-state index is 0.304. The average Bonchev–Trinajstić information content (AvgIpc) is 2.30. The fraction of sp³-hybridized carbons (Fsp3) is 0.786. The Balaban J connectivity index is 4.48. The largest absolute Gasteiger partial charge is 0.480 e. The molecule has 0 aliphatic carbocycles. The van der Waals surface area contributed by atoms with Gasteiger partial charge in [0.2, 0.25) is 5.91 Å². The molecule has 21 heavy (non-hydrogen) atoms. The van der Waals surface area contributed by atoms with Gasteiger partial charge in [0.05, 0.1) is 0 Å². The van der Waals surface area contributed by atoms with Crippen LogP contribution in [0.4, 0.5) is 4.79 Å². The van der Waals surface area contributed by atoms with Crippen molar-refractivity contribution in [3.63, 3.8) is 0 Å². The van der Waals surface area contributed by atoms with Crippen molar-refractivity contribution >= 4 is 17.9 Å². The van der Waals surface area contributed by atoms with Crippen molar-refractivity contribution in [2.24, 2.45) is 11.3 Å². The molecule has 0 aliphatic rings. The van der Waals surface area contributed by atoms with Crippen LogP contribution in [0.15, 0.2) is 0 Å². The number of rotatable bonds is 6. The SMILES string of the molecule is CC(C)CNC(=O)C(C)NC(=O)NC(C(=O)O)C(C)(C)C. The molecule has 0 heterocycles. The molecule has 0 bridgehead atoms. The number of hydrogen-bond acceptors (Lipinski definition) is 3. The van der Waals surface area contributed by atoms with Crippen LogP contribution in [-0.4, -0.2) is 41.6 Å². The Morgan fingerprint density at radius 3 is 1.95 bits per heavy atom. The molecular formula is C14H27N3O4. The van der Waals surface area contributed by atoms with E-state index in [2.05, 4.69) is 16.0 Å². The van der Waals surface area contributed by atoms with Crippen molar-refractivity contribution in [1.82, 2.24) is 16.0 Å². The minimum Gasteiger partial charge on any atom is -0.480 e. The molecule has 0 aromatic carbocycles. The van der Waals surface area contributed by atoms with Gasteiger partial charge in [-0.25, -0.2) is 9.59 Å². The van der Waals surface area contributed by atoms with Crippen molar-refractivity contribution in [1.29, 1.82) is 0 Å². The summed E-state index contributed by atoms with van der Waals surface area (Å²) in [5.74, 6) is -1.11. The van der Waals surface area contributed by atoms with Gasteiger partial charge in [0, 0.05) is 6.54 Å². The summed E-state index contributed by atoms with van der Waals surface area (Å²) in [7, 11) is 0. The van der Waals surface area contributed by atoms with Gasteiger partial charge in [-0.2, -0.15) is 0 Å². The summed E-state index contributed by atoms with van der Waals surface area (Å²) >= 11 is 0. The zero-order valence-corrected chi connectivity index (χ0v) is 13.6. The highest BCUT2D eigenvalue weighted by Gasteiger charge is 2.33. The summed E-state index contributed by atoms with van der Waals surface area (Å²) in [6, 6.07) is -2.45. The van der Waals surface area contributed by atoms with Crippen LogP contribution in [0.25, 0.3) is 0 Å². The molecule has 3 amide bonds. The Kier molecular flexibility index (Phi) is 7.18. The molecule has 122 valence electrons. The second-order valence-electron chi connectivity index (χ2n) is 6.62. The van der Waals surface area contributed by atoms with Gasteiger partial charge in [0.15, 0.2) is 0 Å². The van der Waals surface area contributed by atoms with Crippen molar-refractivity contribution in [2.45, 2.75) is 53.6 Å². The molecule has 0 fully saturated rings. The highest BCUT2D eigenvalue weighted by molar-refractivity contribution is 5.88. The Labute approximate surface area is 125 Å². The van der Waals surface area contributed by atoms with Crippen LogP contribution in [0.3, 0.4) is 0 Å². The monoisotopic (exact) mass is 301 g/mol. The standard InChI is InChI=1S/C14H27N3O4/c1-8(2)7-15-11(18)9(3)16-13(21)17-10(12(19)20)14(4,5)6/h8-10H,7H2,1-6H3,(H,15,18)(H,19,20)(H2,16,17,21). The molecule has 0 aromatic heterocycles. The van der Waals surface area contributed by atoms with Crippen molar-refractivity contribution in [3.8, 4) is 0 Å². The number of hydrogen-bond donors (Lipinski definition) is 4. The fourth-order valence-corrected chi connectivity index (χ4v) is 1.54. The molecule has 7 nitrogen and oxygen atoms in total. The summed E-state index contributed by atoms with van der Waals surface area (Å²) in [6.07, 6.45) is 0. The summed E-state index contributed by atoms with van der Waals surface area (Å²) in [6.45, 7) is 11.1. The Morgan fingerprint density at radius 2 is 1.57 bits per heavy atom. The van der Waals surface area contributed by atoms with Gasteiger partial charge in [-0.1, -0.05) is 34.6 Å². The highest BCUT2D eigenvalue weighted by atomic mass is 16.4. The smallest absolute Gasteiger partial charge is 0.326 e. The molecule has 0 spiro atoms. The Bertz CT molecular complexity index is 388. The molecule has 0 aliphatic heterocycles. The first-order valence-electron chi connectivity index (χ1n) is 7.02.